The summed E-state index contributed by atoms with van der Waals surface area (Å²) in [7, 11) is 0. The minimum atomic E-state index is 0.427. The minimum absolute atomic E-state index is 0.427. The number of aryl methyl sites for hydroxylation is 1. The van der Waals surface area contributed by atoms with Gasteiger partial charge in [-0.05, 0) is 24.5 Å². The van der Waals surface area contributed by atoms with E-state index in [1.54, 1.807) is 11.3 Å². The zero-order valence-electron chi connectivity index (χ0n) is 9.15. The van der Waals surface area contributed by atoms with Crippen LogP contribution in [-0.2, 0) is 12.8 Å². The highest BCUT2D eigenvalue weighted by Gasteiger charge is 2.24. The Labute approximate surface area is 108 Å². The van der Waals surface area contributed by atoms with Crippen LogP contribution in [0.25, 0.3) is 0 Å². The highest BCUT2D eigenvalue weighted by molar-refractivity contribution is 7.16. The summed E-state index contributed by atoms with van der Waals surface area (Å²) in [5.41, 5.74) is 1.37. The van der Waals surface area contributed by atoms with Crippen LogP contribution in [0, 0.1) is 0 Å². The summed E-state index contributed by atoms with van der Waals surface area (Å²) < 4.78 is 5.84. The monoisotopic (exact) mass is 269 g/mol. The first-order valence-corrected chi connectivity index (χ1v) is 6.79. The molecular formula is C11H12ClN3OS. The lowest BCUT2D eigenvalue weighted by molar-refractivity contribution is 0.371. The van der Waals surface area contributed by atoms with Crippen molar-refractivity contribution in [2.24, 2.45) is 0 Å². The van der Waals surface area contributed by atoms with Gasteiger partial charge in [-0.25, -0.2) is 0 Å². The van der Waals surface area contributed by atoms with E-state index in [9.17, 15) is 0 Å². The standard InChI is InChI=1S/C11H12ClN3OS/c12-10-5-7-8(1-2-9(7)17-10)13-4-3-11-14-6-15-16-11/h5-6,8,13H,1-4H2. The lowest BCUT2D eigenvalue weighted by Crippen LogP contribution is -2.21. The highest BCUT2D eigenvalue weighted by Crippen LogP contribution is 2.39. The summed E-state index contributed by atoms with van der Waals surface area (Å²) >= 11 is 7.71. The van der Waals surface area contributed by atoms with Gasteiger partial charge in [-0.2, -0.15) is 4.98 Å². The zero-order chi connectivity index (χ0) is 11.7. The number of rotatable bonds is 4. The first-order valence-electron chi connectivity index (χ1n) is 5.60. The number of nitrogens with zero attached hydrogens (tertiary/aromatic N) is 2. The Kier molecular flexibility index (Phi) is 3.13. The fraction of sp³-hybridized carbons (Fsp3) is 0.455. The van der Waals surface area contributed by atoms with Crippen LogP contribution < -0.4 is 5.32 Å². The summed E-state index contributed by atoms with van der Waals surface area (Å²) in [6.45, 7) is 0.847. The second-order valence-corrected chi connectivity index (χ2v) is 5.83. The van der Waals surface area contributed by atoms with Gasteiger partial charge in [0.05, 0.1) is 4.34 Å². The Morgan fingerprint density at radius 1 is 1.59 bits per heavy atom. The average Bonchev–Trinajstić information content (AvgIpc) is 2.97. The predicted octanol–water partition coefficient (Wildman–Crippen LogP) is 2.60. The third-order valence-electron chi connectivity index (χ3n) is 2.98. The SMILES string of the molecule is Clc1cc2c(s1)CCC2NCCc1ncno1. The van der Waals surface area contributed by atoms with Gasteiger partial charge in [0, 0.05) is 23.9 Å². The molecule has 1 atom stereocenters. The van der Waals surface area contributed by atoms with Crippen molar-refractivity contribution in [2.75, 3.05) is 6.54 Å². The Bertz CT molecular complexity index is 497. The van der Waals surface area contributed by atoms with Gasteiger partial charge >= 0.3 is 0 Å². The topological polar surface area (TPSA) is 51.0 Å². The third kappa shape index (κ3) is 2.36. The molecule has 0 amide bonds. The van der Waals surface area contributed by atoms with Crippen LogP contribution in [0.4, 0.5) is 0 Å². The molecular weight excluding hydrogens is 258 g/mol. The molecule has 6 heteroatoms. The molecule has 90 valence electrons. The lowest BCUT2D eigenvalue weighted by Gasteiger charge is -2.11. The van der Waals surface area contributed by atoms with E-state index in [1.165, 1.54) is 16.8 Å². The van der Waals surface area contributed by atoms with E-state index in [-0.39, 0.29) is 0 Å². The fourth-order valence-electron chi connectivity index (χ4n) is 2.20. The molecule has 1 N–H and O–H groups in total. The van der Waals surface area contributed by atoms with Crippen molar-refractivity contribution >= 4 is 22.9 Å². The third-order valence-corrected chi connectivity index (χ3v) is 4.32. The van der Waals surface area contributed by atoms with Crippen molar-refractivity contribution in [1.82, 2.24) is 15.5 Å². The van der Waals surface area contributed by atoms with Crippen LogP contribution in [-0.4, -0.2) is 16.7 Å². The van der Waals surface area contributed by atoms with Gasteiger partial charge in [0.1, 0.15) is 0 Å². The normalized spacial score (nSPS) is 18.5. The molecule has 0 fully saturated rings. The molecule has 0 spiro atoms. The lowest BCUT2D eigenvalue weighted by atomic mass is 10.2. The van der Waals surface area contributed by atoms with Gasteiger partial charge in [-0.3, -0.25) is 0 Å². The molecule has 3 rings (SSSR count). The van der Waals surface area contributed by atoms with E-state index in [1.807, 2.05) is 0 Å². The molecule has 2 aromatic rings. The van der Waals surface area contributed by atoms with Crippen LogP contribution in [0.15, 0.2) is 16.9 Å². The maximum Gasteiger partial charge on any atom is 0.227 e. The Hall–Kier alpha value is -0.910. The summed E-state index contributed by atoms with van der Waals surface area (Å²) in [5, 5.41) is 7.09. The number of thiophene rings is 1. The molecule has 17 heavy (non-hydrogen) atoms. The molecule has 0 bridgehead atoms. The molecule has 4 nitrogen and oxygen atoms in total. The Morgan fingerprint density at radius 3 is 3.35 bits per heavy atom. The van der Waals surface area contributed by atoms with E-state index in [0.29, 0.717) is 11.9 Å². The molecule has 0 saturated carbocycles. The van der Waals surface area contributed by atoms with E-state index in [2.05, 4.69) is 21.5 Å². The van der Waals surface area contributed by atoms with E-state index < -0.39 is 0 Å². The van der Waals surface area contributed by atoms with Crippen LogP contribution in [0.5, 0.6) is 0 Å². The molecule has 1 aliphatic carbocycles. The quantitative estimate of drug-likeness (QED) is 0.927. The minimum Gasteiger partial charge on any atom is -0.340 e. The second-order valence-electron chi connectivity index (χ2n) is 4.06. The molecule has 2 aromatic heterocycles. The number of halogens is 1. The summed E-state index contributed by atoms with van der Waals surface area (Å²) in [6, 6.07) is 2.51. The van der Waals surface area contributed by atoms with Crippen molar-refractivity contribution in [3.05, 3.63) is 33.1 Å². The smallest absolute Gasteiger partial charge is 0.227 e. The van der Waals surface area contributed by atoms with E-state index in [4.69, 9.17) is 16.1 Å². The van der Waals surface area contributed by atoms with Gasteiger partial charge in [-0.1, -0.05) is 16.8 Å². The molecule has 0 aliphatic heterocycles. The number of aromatic nitrogens is 2. The molecule has 1 unspecified atom stereocenters. The van der Waals surface area contributed by atoms with Crippen LogP contribution in [0.3, 0.4) is 0 Å². The van der Waals surface area contributed by atoms with Crippen molar-refractivity contribution < 1.29 is 4.52 Å². The number of hydrogen-bond donors (Lipinski definition) is 1. The van der Waals surface area contributed by atoms with Crippen LogP contribution in [0.2, 0.25) is 4.34 Å². The first kappa shape index (κ1) is 11.2. The molecule has 0 radical (unpaired) electrons. The van der Waals surface area contributed by atoms with Crippen molar-refractivity contribution in [1.29, 1.82) is 0 Å². The van der Waals surface area contributed by atoms with Crippen molar-refractivity contribution in [3.8, 4) is 0 Å². The number of nitrogens with one attached hydrogen (secondary N) is 1. The van der Waals surface area contributed by atoms with Gasteiger partial charge in [0.25, 0.3) is 0 Å². The average molecular weight is 270 g/mol. The van der Waals surface area contributed by atoms with Gasteiger partial charge in [0.15, 0.2) is 6.33 Å². The largest absolute Gasteiger partial charge is 0.340 e. The maximum absolute atomic E-state index is 6.02. The van der Waals surface area contributed by atoms with E-state index in [0.717, 1.165) is 30.1 Å². The molecule has 0 aromatic carbocycles. The van der Waals surface area contributed by atoms with Crippen molar-refractivity contribution in [2.45, 2.75) is 25.3 Å². The summed E-state index contributed by atoms with van der Waals surface area (Å²) in [4.78, 5) is 5.41. The van der Waals surface area contributed by atoms with Crippen LogP contribution >= 0.6 is 22.9 Å². The zero-order valence-corrected chi connectivity index (χ0v) is 10.7. The predicted molar refractivity (Wildman–Crippen MR) is 66.4 cm³/mol. The van der Waals surface area contributed by atoms with Gasteiger partial charge in [-0.15, -0.1) is 11.3 Å². The van der Waals surface area contributed by atoms with Gasteiger partial charge < -0.3 is 9.84 Å². The highest BCUT2D eigenvalue weighted by atomic mass is 35.5. The summed E-state index contributed by atoms with van der Waals surface area (Å²) in [6.07, 6.45) is 4.48. The number of hydrogen-bond acceptors (Lipinski definition) is 5. The Balaban J connectivity index is 1.56. The molecule has 2 heterocycles. The second kappa shape index (κ2) is 4.76. The van der Waals surface area contributed by atoms with Crippen molar-refractivity contribution in [3.63, 3.8) is 0 Å². The van der Waals surface area contributed by atoms with Gasteiger partial charge in [0.2, 0.25) is 5.89 Å². The van der Waals surface area contributed by atoms with Crippen LogP contribution in [0.1, 0.15) is 28.8 Å². The first-order chi connectivity index (χ1) is 8.33. The Morgan fingerprint density at radius 2 is 2.53 bits per heavy atom. The number of fused-ring (bicyclic) bond motifs is 1. The molecule has 1 aliphatic rings. The summed E-state index contributed by atoms with van der Waals surface area (Å²) in [5.74, 6) is 0.680. The fourth-order valence-corrected chi connectivity index (χ4v) is 3.56. The maximum atomic E-state index is 6.02. The van der Waals surface area contributed by atoms with E-state index >= 15 is 0 Å². The molecule has 0 saturated heterocycles.